The van der Waals surface area contributed by atoms with Crippen molar-refractivity contribution in [3.8, 4) is 5.75 Å². The van der Waals surface area contributed by atoms with Crippen molar-refractivity contribution in [1.29, 1.82) is 0 Å². The van der Waals surface area contributed by atoms with E-state index in [9.17, 15) is 9.59 Å². The number of methoxy groups -OCH3 is 1. The number of piperazine rings is 1. The fraction of sp³-hybridized carbons (Fsp3) is 0.304. The number of carbonyl (C=O) groups excluding carboxylic acids is 2. The maximum absolute atomic E-state index is 12.6. The molecular formula is C23H26N4O3. The number of nitrogens with one attached hydrogen (secondary N) is 3. The quantitative estimate of drug-likeness (QED) is 0.559. The van der Waals surface area contributed by atoms with Gasteiger partial charge in [-0.1, -0.05) is 30.3 Å². The Morgan fingerprint density at radius 1 is 1.20 bits per heavy atom. The highest BCUT2D eigenvalue weighted by Crippen LogP contribution is 2.31. The summed E-state index contributed by atoms with van der Waals surface area (Å²) in [5.74, 6) is 0.663. The van der Waals surface area contributed by atoms with Crippen LogP contribution in [0.25, 0.3) is 10.9 Å². The smallest absolute Gasteiger partial charge is 0.234 e. The van der Waals surface area contributed by atoms with Crippen molar-refractivity contribution in [1.82, 2.24) is 20.5 Å². The van der Waals surface area contributed by atoms with Crippen LogP contribution in [0.2, 0.25) is 0 Å². The molecule has 2 aromatic carbocycles. The number of rotatable bonds is 7. The lowest BCUT2D eigenvalue weighted by atomic mass is 9.90. The van der Waals surface area contributed by atoms with E-state index in [4.69, 9.17) is 4.74 Å². The summed E-state index contributed by atoms with van der Waals surface area (Å²) in [4.78, 5) is 29.3. The standard InChI is InChI=1S/C23H26N4O3/c1-30-17-8-6-16(7-9-17)19(20-13-25-21-5-3-2-4-18(20)21)12-26-23(29)15-27-11-10-24-22(28)14-27/h2-9,13,19,25H,10-12,14-15H2,1H3,(H,24,28)(H,26,29)/t19-/m0/s1. The molecule has 1 fully saturated rings. The molecule has 1 saturated heterocycles. The zero-order valence-electron chi connectivity index (χ0n) is 17.0. The molecule has 1 aromatic heterocycles. The minimum Gasteiger partial charge on any atom is -0.497 e. The third-order valence-corrected chi connectivity index (χ3v) is 5.50. The third-order valence-electron chi connectivity index (χ3n) is 5.50. The van der Waals surface area contributed by atoms with Crippen LogP contribution in [0.4, 0.5) is 0 Å². The molecule has 0 unspecified atom stereocenters. The number of nitrogens with zero attached hydrogens (tertiary/aromatic N) is 1. The van der Waals surface area contributed by atoms with Gasteiger partial charge in [-0.25, -0.2) is 0 Å². The summed E-state index contributed by atoms with van der Waals surface area (Å²) in [6.07, 6.45) is 2.01. The predicted molar refractivity (Wildman–Crippen MR) is 116 cm³/mol. The highest BCUT2D eigenvalue weighted by atomic mass is 16.5. The molecule has 7 heteroatoms. The van der Waals surface area contributed by atoms with Crippen LogP contribution in [-0.4, -0.2) is 61.5 Å². The van der Waals surface area contributed by atoms with Gasteiger partial charge in [-0.15, -0.1) is 0 Å². The SMILES string of the molecule is COc1ccc([C@H](CNC(=O)CN2CCNC(=O)C2)c2c[nH]c3ccccc23)cc1. The molecule has 1 aliphatic heterocycles. The van der Waals surface area contributed by atoms with Crippen molar-refractivity contribution in [2.24, 2.45) is 0 Å². The average molecular weight is 406 g/mol. The second-order valence-corrected chi connectivity index (χ2v) is 7.48. The van der Waals surface area contributed by atoms with Gasteiger partial charge >= 0.3 is 0 Å². The third kappa shape index (κ3) is 4.46. The predicted octanol–water partition coefficient (Wildman–Crippen LogP) is 1.86. The maximum atomic E-state index is 12.6. The highest BCUT2D eigenvalue weighted by Gasteiger charge is 2.22. The minimum atomic E-state index is -0.0805. The Morgan fingerprint density at radius 2 is 2.00 bits per heavy atom. The van der Waals surface area contributed by atoms with E-state index in [1.807, 2.05) is 53.6 Å². The molecule has 2 amide bonds. The van der Waals surface area contributed by atoms with Gasteiger partial charge in [0.25, 0.3) is 0 Å². The Hall–Kier alpha value is -3.32. The number of ether oxygens (including phenoxy) is 1. The molecule has 0 aliphatic carbocycles. The molecule has 0 saturated carbocycles. The zero-order chi connectivity index (χ0) is 20.9. The molecule has 30 heavy (non-hydrogen) atoms. The van der Waals surface area contributed by atoms with Crippen LogP contribution >= 0.6 is 0 Å². The fourth-order valence-corrected chi connectivity index (χ4v) is 3.93. The second kappa shape index (κ2) is 9.00. The lowest BCUT2D eigenvalue weighted by molar-refractivity contribution is -0.126. The van der Waals surface area contributed by atoms with Gasteiger partial charge in [-0.05, 0) is 29.3 Å². The van der Waals surface area contributed by atoms with Gasteiger partial charge in [0, 0.05) is 42.7 Å². The number of aromatic nitrogens is 1. The molecule has 0 spiro atoms. The van der Waals surface area contributed by atoms with Crippen LogP contribution in [0, 0.1) is 0 Å². The van der Waals surface area contributed by atoms with Crippen LogP contribution in [0.3, 0.4) is 0 Å². The van der Waals surface area contributed by atoms with Gasteiger partial charge < -0.3 is 20.4 Å². The molecule has 2 heterocycles. The normalized spacial score (nSPS) is 15.6. The summed E-state index contributed by atoms with van der Waals surface area (Å²) in [5, 5.41) is 6.98. The molecule has 0 bridgehead atoms. The molecule has 3 aromatic rings. The Balaban J connectivity index is 1.53. The van der Waals surface area contributed by atoms with E-state index in [2.05, 4.69) is 21.7 Å². The monoisotopic (exact) mass is 406 g/mol. The lowest BCUT2D eigenvalue weighted by Gasteiger charge is -2.26. The van der Waals surface area contributed by atoms with Gasteiger partial charge in [0.1, 0.15) is 5.75 Å². The average Bonchev–Trinajstić information content (AvgIpc) is 3.18. The van der Waals surface area contributed by atoms with Gasteiger partial charge in [0.15, 0.2) is 0 Å². The first kappa shape index (κ1) is 20.0. The van der Waals surface area contributed by atoms with Crippen molar-refractivity contribution in [2.75, 3.05) is 39.8 Å². The topological polar surface area (TPSA) is 86.5 Å². The van der Waals surface area contributed by atoms with Gasteiger partial charge in [-0.2, -0.15) is 0 Å². The van der Waals surface area contributed by atoms with Crippen molar-refractivity contribution < 1.29 is 14.3 Å². The Bertz CT molecular complexity index is 1030. The van der Waals surface area contributed by atoms with Gasteiger partial charge in [0.2, 0.25) is 11.8 Å². The van der Waals surface area contributed by atoms with E-state index in [1.54, 1.807) is 7.11 Å². The van der Waals surface area contributed by atoms with Crippen molar-refractivity contribution in [3.05, 3.63) is 65.9 Å². The number of carbonyl (C=O) groups is 2. The number of para-hydroxylation sites is 1. The number of benzene rings is 2. The highest BCUT2D eigenvalue weighted by molar-refractivity contribution is 5.85. The molecule has 4 rings (SSSR count). The van der Waals surface area contributed by atoms with Crippen molar-refractivity contribution in [3.63, 3.8) is 0 Å². The number of aromatic amines is 1. The Labute approximate surface area is 175 Å². The Kier molecular flexibility index (Phi) is 5.99. The summed E-state index contributed by atoms with van der Waals surface area (Å²) in [5.41, 5.74) is 3.29. The van der Waals surface area contributed by atoms with E-state index >= 15 is 0 Å². The minimum absolute atomic E-state index is 0.0133. The number of hydrogen-bond donors (Lipinski definition) is 3. The number of amides is 2. The van der Waals surface area contributed by atoms with E-state index in [0.717, 1.165) is 27.8 Å². The van der Waals surface area contributed by atoms with Crippen molar-refractivity contribution in [2.45, 2.75) is 5.92 Å². The zero-order valence-corrected chi connectivity index (χ0v) is 17.0. The molecule has 7 nitrogen and oxygen atoms in total. The number of fused-ring (bicyclic) bond motifs is 1. The summed E-state index contributed by atoms with van der Waals surface area (Å²) in [7, 11) is 1.65. The van der Waals surface area contributed by atoms with Gasteiger partial charge in [0.05, 0.1) is 20.2 Å². The summed E-state index contributed by atoms with van der Waals surface area (Å²) in [6.45, 7) is 2.21. The van der Waals surface area contributed by atoms with Crippen LogP contribution in [0.15, 0.2) is 54.7 Å². The van der Waals surface area contributed by atoms with Crippen molar-refractivity contribution >= 4 is 22.7 Å². The fourth-order valence-electron chi connectivity index (χ4n) is 3.93. The number of hydrogen-bond acceptors (Lipinski definition) is 4. The second-order valence-electron chi connectivity index (χ2n) is 7.48. The van der Waals surface area contributed by atoms with Crippen LogP contribution in [0.5, 0.6) is 5.75 Å². The first-order chi connectivity index (χ1) is 14.6. The van der Waals surface area contributed by atoms with Gasteiger partial charge in [-0.3, -0.25) is 14.5 Å². The van der Waals surface area contributed by atoms with E-state index in [0.29, 0.717) is 19.6 Å². The van der Waals surface area contributed by atoms with Crippen LogP contribution in [0.1, 0.15) is 17.0 Å². The molecule has 1 aliphatic rings. The van der Waals surface area contributed by atoms with E-state index < -0.39 is 0 Å². The summed E-state index contributed by atoms with van der Waals surface area (Å²) >= 11 is 0. The first-order valence-corrected chi connectivity index (χ1v) is 10.1. The summed E-state index contributed by atoms with van der Waals surface area (Å²) in [6, 6.07) is 16.1. The molecule has 1 atom stereocenters. The van der Waals surface area contributed by atoms with E-state index in [-0.39, 0.29) is 30.8 Å². The molecule has 3 N–H and O–H groups in total. The molecular weight excluding hydrogens is 380 g/mol. The van der Waals surface area contributed by atoms with E-state index in [1.165, 1.54) is 0 Å². The molecule has 0 radical (unpaired) electrons. The largest absolute Gasteiger partial charge is 0.497 e. The first-order valence-electron chi connectivity index (χ1n) is 10.1. The summed E-state index contributed by atoms with van der Waals surface area (Å²) < 4.78 is 5.29. The number of H-pyrrole nitrogens is 1. The van der Waals surface area contributed by atoms with Crippen LogP contribution < -0.4 is 15.4 Å². The molecule has 156 valence electrons. The lowest BCUT2D eigenvalue weighted by Crippen LogP contribution is -2.50. The Morgan fingerprint density at radius 3 is 2.77 bits per heavy atom. The maximum Gasteiger partial charge on any atom is 0.234 e. The van der Waals surface area contributed by atoms with Crippen LogP contribution in [-0.2, 0) is 9.59 Å².